The lowest BCUT2D eigenvalue weighted by Crippen LogP contribution is -2.42. The van der Waals surface area contributed by atoms with Gasteiger partial charge in [-0.15, -0.1) is 6.58 Å². The smallest absolute Gasteiger partial charge is 0.415 e. The molecule has 1 aromatic rings. The van der Waals surface area contributed by atoms with Gasteiger partial charge in [0.1, 0.15) is 5.75 Å². The molecule has 0 aromatic heterocycles. The molecule has 0 N–H and O–H groups in total. The lowest BCUT2D eigenvalue weighted by atomic mass is 10.1. The topological polar surface area (TPSA) is 68.3 Å². The third kappa shape index (κ3) is 9.11. The minimum absolute atomic E-state index is 0.210. The molecule has 172 valence electrons. The predicted molar refractivity (Wildman–Crippen MR) is 121 cm³/mol. The van der Waals surface area contributed by atoms with E-state index < -0.39 is 5.97 Å². The Morgan fingerprint density at radius 3 is 2.45 bits per heavy atom. The van der Waals surface area contributed by atoms with Gasteiger partial charge in [-0.05, 0) is 63.5 Å². The molecule has 1 aliphatic rings. The zero-order chi connectivity index (χ0) is 22.5. The molecule has 0 aliphatic carbocycles. The number of rotatable bonds is 12. The Bertz CT molecular complexity index is 684. The van der Waals surface area contributed by atoms with Gasteiger partial charge in [-0.1, -0.05) is 18.9 Å². The van der Waals surface area contributed by atoms with Crippen LogP contribution in [0.25, 0.3) is 0 Å². The van der Waals surface area contributed by atoms with Crippen LogP contribution in [0.5, 0.6) is 5.75 Å². The fourth-order valence-corrected chi connectivity index (χ4v) is 3.55. The average molecular weight is 433 g/mol. The van der Waals surface area contributed by atoms with Gasteiger partial charge in [-0.25, -0.2) is 9.59 Å². The lowest BCUT2D eigenvalue weighted by molar-refractivity contribution is 0.00929. The van der Waals surface area contributed by atoms with Gasteiger partial charge < -0.3 is 24.0 Å². The second-order valence-corrected chi connectivity index (χ2v) is 7.91. The highest BCUT2D eigenvalue weighted by Gasteiger charge is 2.24. The fraction of sp³-hybridized carbons (Fsp3) is 0.583. The van der Waals surface area contributed by atoms with E-state index in [1.165, 1.54) is 26.4 Å². The highest BCUT2D eigenvalue weighted by atomic mass is 16.6. The molecule has 31 heavy (non-hydrogen) atoms. The van der Waals surface area contributed by atoms with E-state index in [1.807, 2.05) is 6.08 Å². The van der Waals surface area contributed by atoms with Crippen molar-refractivity contribution in [3.63, 3.8) is 0 Å². The zero-order valence-electron chi connectivity index (χ0n) is 18.9. The first kappa shape index (κ1) is 24.9. The summed E-state index contributed by atoms with van der Waals surface area (Å²) in [6.45, 7) is 7.84. The first-order valence-corrected chi connectivity index (χ1v) is 11.1. The molecule has 2 rings (SSSR count). The summed E-state index contributed by atoms with van der Waals surface area (Å²) in [7, 11) is 3.45. The quantitative estimate of drug-likeness (QED) is 0.281. The summed E-state index contributed by atoms with van der Waals surface area (Å²) in [6, 6.07) is 6.34. The summed E-state index contributed by atoms with van der Waals surface area (Å²) in [4.78, 5) is 27.8. The molecular weight excluding hydrogens is 396 g/mol. The molecule has 0 saturated carbocycles. The van der Waals surface area contributed by atoms with E-state index in [0.717, 1.165) is 39.0 Å². The number of nitrogens with zero attached hydrogens (tertiary/aromatic N) is 2. The number of carbonyl (C=O) groups excluding carboxylic acids is 2. The van der Waals surface area contributed by atoms with Gasteiger partial charge >= 0.3 is 12.1 Å². The first-order valence-electron chi connectivity index (χ1n) is 11.1. The van der Waals surface area contributed by atoms with Crippen molar-refractivity contribution in [2.45, 2.75) is 44.6 Å². The SMILES string of the molecule is C=CCN(C)CCCCCCOC1CCN(C(=O)Oc2ccc(C(=O)OC)cc2)CC1. The van der Waals surface area contributed by atoms with Crippen LogP contribution < -0.4 is 4.74 Å². The van der Waals surface area contributed by atoms with E-state index >= 15 is 0 Å². The van der Waals surface area contributed by atoms with E-state index in [0.29, 0.717) is 24.4 Å². The first-order chi connectivity index (χ1) is 15.0. The van der Waals surface area contributed by atoms with Gasteiger partial charge in [0.15, 0.2) is 0 Å². The number of amides is 1. The minimum Gasteiger partial charge on any atom is -0.465 e. The van der Waals surface area contributed by atoms with Crippen LogP contribution in [0.15, 0.2) is 36.9 Å². The minimum atomic E-state index is -0.420. The number of hydrogen-bond donors (Lipinski definition) is 0. The van der Waals surface area contributed by atoms with E-state index in [2.05, 4.69) is 23.3 Å². The van der Waals surface area contributed by atoms with Crippen molar-refractivity contribution < 1.29 is 23.8 Å². The Morgan fingerprint density at radius 2 is 1.81 bits per heavy atom. The molecule has 1 amide bonds. The van der Waals surface area contributed by atoms with Gasteiger partial charge in [0.25, 0.3) is 0 Å². The van der Waals surface area contributed by atoms with Crippen LogP contribution in [0.4, 0.5) is 4.79 Å². The molecule has 0 spiro atoms. The largest absolute Gasteiger partial charge is 0.465 e. The number of methoxy groups -OCH3 is 1. The molecule has 0 unspecified atom stereocenters. The molecular formula is C24H36N2O5. The summed E-state index contributed by atoms with van der Waals surface area (Å²) in [6.07, 6.45) is 8.10. The third-order valence-corrected chi connectivity index (χ3v) is 5.41. The number of carbonyl (C=O) groups is 2. The van der Waals surface area contributed by atoms with Gasteiger partial charge in [-0.2, -0.15) is 0 Å². The van der Waals surface area contributed by atoms with Gasteiger partial charge in [-0.3, -0.25) is 0 Å². The molecule has 1 saturated heterocycles. The van der Waals surface area contributed by atoms with E-state index in [-0.39, 0.29) is 12.2 Å². The Balaban J connectivity index is 1.57. The summed E-state index contributed by atoms with van der Waals surface area (Å²) in [5, 5.41) is 0. The van der Waals surface area contributed by atoms with Crippen LogP contribution in [0, 0.1) is 0 Å². The fourth-order valence-electron chi connectivity index (χ4n) is 3.55. The lowest BCUT2D eigenvalue weighted by Gasteiger charge is -2.31. The molecule has 1 heterocycles. The van der Waals surface area contributed by atoms with Crippen LogP contribution >= 0.6 is 0 Å². The van der Waals surface area contributed by atoms with E-state index in [9.17, 15) is 9.59 Å². The van der Waals surface area contributed by atoms with Crippen LogP contribution in [0.1, 0.15) is 48.9 Å². The Hall–Kier alpha value is -2.38. The second-order valence-electron chi connectivity index (χ2n) is 7.91. The number of ether oxygens (including phenoxy) is 3. The Labute approximate surface area is 185 Å². The average Bonchev–Trinajstić information content (AvgIpc) is 2.79. The van der Waals surface area contributed by atoms with Crippen molar-refractivity contribution in [2.24, 2.45) is 0 Å². The number of likely N-dealkylation sites (N-methyl/N-ethyl adjacent to an activating group) is 1. The summed E-state index contributed by atoms with van der Waals surface area (Å²) in [5.41, 5.74) is 0.417. The molecule has 0 bridgehead atoms. The second kappa shape index (κ2) is 13.8. The molecule has 7 heteroatoms. The van der Waals surface area contributed by atoms with Crippen molar-refractivity contribution in [3.05, 3.63) is 42.5 Å². The van der Waals surface area contributed by atoms with Crippen molar-refractivity contribution >= 4 is 12.1 Å². The van der Waals surface area contributed by atoms with Crippen LogP contribution in [-0.2, 0) is 9.47 Å². The summed E-state index contributed by atoms with van der Waals surface area (Å²) < 4.78 is 16.1. The molecule has 7 nitrogen and oxygen atoms in total. The number of hydrogen-bond acceptors (Lipinski definition) is 6. The van der Waals surface area contributed by atoms with E-state index in [4.69, 9.17) is 9.47 Å². The van der Waals surface area contributed by atoms with E-state index in [1.54, 1.807) is 29.2 Å². The van der Waals surface area contributed by atoms with Gasteiger partial charge in [0, 0.05) is 26.2 Å². The standard InChI is InChI=1S/C24H36N2O5/c1-4-15-25(2)16-7-5-6-8-19-30-21-13-17-26(18-14-21)24(28)31-22-11-9-20(10-12-22)23(27)29-3/h4,9-12,21H,1,5-8,13-19H2,2-3H3. The van der Waals surface area contributed by atoms with Crippen molar-refractivity contribution in [2.75, 3.05) is 46.9 Å². The third-order valence-electron chi connectivity index (χ3n) is 5.41. The Kier molecular flexibility index (Phi) is 11.1. The maximum atomic E-state index is 12.4. The van der Waals surface area contributed by atoms with Gasteiger partial charge in [0.2, 0.25) is 0 Å². The number of esters is 1. The van der Waals surface area contributed by atoms with Crippen LogP contribution in [0.2, 0.25) is 0 Å². The normalized spacial score (nSPS) is 14.5. The number of piperidine rings is 1. The number of benzene rings is 1. The summed E-state index contributed by atoms with van der Waals surface area (Å²) in [5.74, 6) is -0.0113. The Morgan fingerprint density at radius 1 is 1.13 bits per heavy atom. The molecule has 1 aromatic carbocycles. The maximum absolute atomic E-state index is 12.4. The molecule has 1 aliphatic heterocycles. The number of unbranched alkanes of at least 4 members (excludes halogenated alkanes) is 3. The highest BCUT2D eigenvalue weighted by molar-refractivity contribution is 5.89. The van der Waals surface area contributed by atoms with Crippen molar-refractivity contribution in [1.29, 1.82) is 0 Å². The monoisotopic (exact) mass is 432 g/mol. The van der Waals surface area contributed by atoms with Crippen molar-refractivity contribution in [3.8, 4) is 5.75 Å². The van der Waals surface area contributed by atoms with Gasteiger partial charge in [0.05, 0.1) is 18.8 Å². The molecule has 0 atom stereocenters. The summed E-state index contributed by atoms with van der Waals surface area (Å²) >= 11 is 0. The van der Waals surface area contributed by atoms with Crippen molar-refractivity contribution in [1.82, 2.24) is 9.80 Å². The maximum Gasteiger partial charge on any atom is 0.415 e. The molecule has 0 radical (unpaired) electrons. The van der Waals surface area contributed by atoms with Crippen LogP contribution in [0.3, 0.4) is 0 Å². The zero-order valence-corrected chi connectivity index (χ0v) is 18.9. The van der Waals surface area contributed by atoms with Crippen LogP contribution in [-0.4, -0.2) is 74.9 Å². The predicted octanol–water partition coefficient (Wildman–Crippen LogP) is 4.13. The number of likely N-dealkylation sites (tertiary alicyclic amines) is 1. The highest BCUT2D eigenvalue weighted by Crippen LogP contribution is 2.18. The molecule has 1 fully saturated rings.